The molecule has 0 aliphatic carbocycles. The summed E-state index contributed by atoms with van der Waals surface area (Å²) in [5, 5.41) is 9.00. The molecule has 0 aliphatic rings. The molecular formula is C10H13Cl2NO4S. The van der Waals surface area contributed by atoms with Crippen LogP contribution in [0.25, 0.3) is 0 Å². The fraction of sp³-hybridized carbons (Fsp3) is 0.400. The number of sulfonamides is 1. The van der Waals surface area contributed by atoms with Gasteiger partial charge in [0.05, 0.1) is 18.2 Å². The van der Waals surface area contributed by atoms with Gasteiger partial charge in [0, 0.05) is 24.2 Å². The highest BCUT2D eigenvalue weighted by molar-refractivity contribution is 7.89. The van der Waals surface area contributed by atoms with E-state index in [9.17, 15) is 8.42 Å². The second-order valence-corrected chi connectivity index (χ2v) is 5.98. The predicted molar refractivity (Wildman–Crippen MR) is 69.4 cm³/mol. The van der Waals surface area contributed by atoms with E-state index in [1.54, 1.807) is 0 Å². The van der Waals surface area contributed by atoms with Crippen molar-refractivity contribution in [2.24, 2.45) is 0 Å². The number of methoxy groups -OCH3 is 1. The molecular weight excluding hydrogens is 301 g/mol. The molecule has 102 valence electrons. The van der Waals surface area contributed by atoms with Crippen LogP contribution >= 0.6 is 23.2 Å². The summed E-state index contributed by atoms with van der Waals surface area (Å²) in [5.74, 6) is 0. The van der Waals surface area contributed by atoms with Gasteiger partial charge in [0.2, 0.25) is 10.0 Å². The Labute approximate surface area is 116 Å². The molecule has 0 atom stereocenters. The Morgan fingerprint density at radius 2 is 2.06 bits per heavy atom. The normalized spacial score (nSPS) is 11.8. The summed E-state index contributed by atoms with van der Waals surface area (Å²) >= 11 is 11.7. The van der Waals surface area contributed by atoms with E-state index in [-0.39, 0.29) is 29.7 Å². The third-order valence-corrected chi connectivity index (χ3v) is 4.29. The Morgan fingerprint density at radius 1 is 1.39 bits per heavy atom. The number of aliphatic hydroxyl groups excluding tert-OH is 1. The van der Waals surface area contributed by atoms with Crippen molar-refractivity contribution in [2.75, 3.05) is 20.3 Å². The molecule has 1 aromatic rings. The van der Waals surface area contributed by atoms with E-state index in [4.69, 9.17) is 33.0 Å². The van der Waals surface area contributed by atoms with Gasteiger partial charge in [-0.2, -0.15) is 0 Å². The van der Waals surface area contributed by atoms with Crippen LogP contribution in [0.4, 0.5) is 0 Å². The van der Waals surface area contributed by atoms with Gasteiger partial charge in [-0.3, -0.25) is 0 Å². The zero-order valence-electron chi connectivity index (χ0n) is 9.61. The minimum atomic E-state index is -3.80. The zero-order valence-corrected chi connectivity index (χ0v) is 11.9. The summed E-state index contributed by atoms with van der Waals surface area (Å²) in [7, 11) is -2.37. The molecule has 0 aliphatic heterocycles. The Kier molecular flexibility index (Phi) is 5.84. The van der Waals surface area contributed by atoms with E-state index >= 15 is 0 Å². The summed E-state index contributed by atoms with van der Waals surface area (Å²) in [4.78, 5) is -0.0798. The van der Waals surface area contributed by atoms with Crippen molar-refractivity contribution in [2.45, 2.75) is 11.5 Å². The number of nitrogens with one attached hydrogen (secondary N) is 1. The smallest absolute Gasteiger partial charge is 0.242 e. The summed E-state index contributed by atoms with van der Waals surface area (Å²) in [6.45, 7) is -0.326. The van der Waals surface area contributed by atoms with Crippen LogP contribution in [0.3, 0.4) is 0 Å². The molecule has 0 bridgehead atoms. The average molecular weight is 314 g/mol. The summed E-state index contributed by atoms with van der Waals surface area (Å²) in [5.41, 5.74) is 0.362. The molecule has 0 radical (unpaired) electrons. The number of hydrogen-bond donors (Lipinski definition) is 2. The molecule has 8 heteroatoms. The van der Waals surface area contributed by atoms with Gasteiger partial charge in [-0.05, 0) is 12.1 Å². The molecule has 5 nitrogen and oxygen atoms in total. The van der Waals surface area contributed by atoms with Gasteiger partial charge >= 0.3 is 0 Å². The number of benzene rings is 1. The Balaban J connectivity index is 3.29. The molecule has 0 spiro atoms. The minimum absolute atomic E-state index is 0.0139. The van der Waals surface area contributed by atoms with E-state index in [0.29, 0.717) is 10.6 Å². The van der Waals surface area contributed by atoms with Crippen LogP contribution in [0.2, 0.25) is 10.0 Å². The molecule has 0 unspecified atom stereocenters. The molecule has 0 heterocycles. The number of rotatable bonds is 6. The van der Waals surface area contributed by atoms with E-state index in [0.717, 1.165) is 0 Å². The number of halogens is 2. The molecule has 0 saturated heterocycles. The van der Waals surface area contributed by atoms with Gasteiger partial charge in [0.25, 0.3) is 0 Å². The van der Waals surface area contributed by atoms with Crippen molar-refractivity contribution < 1.29 is 18.3 Å². The summed E-state index contributed by atoms with van der Waals surface area (Å²) in [6.07, 6.45) is 0. The second-order valence-electron chi connectivity index (χ2n) is 3.43. The zero-order chi connectivity index (χ0) is 13.8. The Bertz CT molecular complexity index is 519. The first-order valence-corrected chi connectivity index (χ1v) is 7.23. The third kappa shape index (κ3) is 3.81. The first-order valence-electron chi connectivity index (χ1n) is 4.99. The quantitative estimate of drug-likeness (QED) is 0.832. The SMILES string of the molecule is COCc1cc(Cl)cc(Cl)c1S(=O)(=O)NCCO. The summed E-state index contributed by atoms with van der Waals surface area (Å²) in [6, 6.07) is 2.82. The van der Waals surface area contributed by atoms with Crippen molar-refractivity contribution in [1.29, 1.82) is 0 Å². The highest BCUT2D eigenvalue weighted by Gasteiger charge is 2.22. The van der Waals surface area contributed by atoms with Crippen LogP contribution in [0.15, 0.2) is 17.0 Å². The van der Waals surface area contributed by atoms with E-state index in [1.165, 1.54) is 19.2 Å². The lowest BCUT2D eigenvalue weighted by Gasteiger charge is -2.13. The van der Waals surface area contributed by atoms with Crippen molar-refractivity contribution in [1.82, 2.24) is 4.72 Å². The van der Waals surface area contributed by atoms with Gasteiger partial charge in [-0.1, -0.05) is 23.2 Å². The first-order chi connectivity index (χ1) is 8.42. The van der Waals surface area contributed by atoms with Gasteiger partial charge < -0.3 is 9.84 Å². The Hall–Kier alpha value is -0.370. The van der Waals surface area contributed by atoms with E-state index < -0.39 is 10.0 Å². The van der Waals surface area contributed by atoms with E-state index in [2.05, 4.69) is 4.72 Å². The third-order valence-electron chi connectivity index (χ3n) is 2.06. The van der Waals surface area contributed by atoms with Crippen LogP contribution < -0.4 is 4.72 Å². The molecule has 0 saturated carbocycles. The average Bonchev–Trinajstić information content (AvgIpc) is 2.25. The van der Waals surface area contributed by atoms with Crippen LogP contribution in [-0.4, -0.2) is 33.8 Å². The maximum Gasteiger partial charge on any atom is 0.242 e. The number of ether oxygens (including phenoxy) is 1. The van der Waals surface area contributed by atoms with Crippen molar-refractivity contribution in [3.8, 4) is 0 Å². The lowest BCUT2D eigenvalue weighted by Crippen LogP contribution is -2.28. The first kappa shape index (κ1) is 15.7. The molecule has 2 N–H and O–H groups in total. The van der Waals surface area contributed by atoms with Crippen molar-refractivity contribution >= 4 is 33.2 Å². The van der Waals surface area contributed by atoms with Crippen molar-refractivity contribution in [3.05, 3.63) is 27.7 Å². The summed E-state index contributed by atoms with van der Waals surface area (Å²) < 4.78 is 31.2. The fourth-order valence-corrected chi connectivity index (χ4v) is 3.55. The molecule has 0 amide bonds. The van der Waals surface area contributed by atoms with Crippen LogP contribution in [0.5, 0.6) is 0 Å². The van der Waals surface area contributed by atoms with E-state index in [1.807, 2.05) is 0 Å². The van der Waals surface area contributed by atoms with Crippen molar-refractivity contribution in [3.63, 3.8) is 0 Å². The molecule has 1 rings (SSSR count). The maximum absolute atomic E-state index is 12.0. The minimum Gasteiger partial charge on any atom is -0.395 e. The highest BCUT2D eigenvalue weighted by Crippen LogP contribution is 2.29. The Morgan fingerprint density at radius 3 is 2.61 bits per heavy atom. The monoisotopic (exact) mass is 313 g/mol. The predicted octanol–water partition coefficient (Wildman–Crippen LogP) is 1.41. The second kappa shape index (κ2) is 6.70. The molecule has 18 heavy (non-hydrogen) atoms. The highest BCUT2D eigenvalue weighted by atomic mass is 35.5. The molecule has 1 aromatic carbocycles. The molecule has 0 aromatic heterocycles. The molecule has 0 fully saturated rings. The van der Waals surface area contributed by atoms with Gasteiger partial charge in [0.15, 0.2) is 0 Å². The maximum atomic E-state index is 12.0. The van der Waals surface area contributed by atoms with Gasteiger partial charge in [0.1, 0.15) is 4.90 Å². The van der Waals surface area contributed by atoms with Crippen LogP contribution in [-0.2, 0) is 21.4 Å². The number of hydrogen-bond acceptors (Lipinski definition) is 4. The largest absolute Gasteiger partial charge is 0.395 e. The lowest BCUT2D eigenvalue weighted by atomic mass is 10.2. The van der Waals surface area contributed by atoms with Crippen LogP contribution in [0.1, 0.15) is 5.56 Å². The van der Waals surface area contributed by atoms with Gasteiger partial charge in [-0.15, -0.1) is 0 Å². The fourth-order valence-electron chi connectivity index (χ4n) is 1.43. The van der Waals surface area contributed by atoms with Crippen LogP contribution in [0, 0.1) is 0 Å². The topological polar surface area (TPSA) is 75.6 Å². The van der Waals surface area contributed by atoms with Gasteiger partial charge in [-0.25, -0.2) is 13.1 Å². The lowest BCUT2D eigenvalue weighted by molar-refractivity contribution is 0.182. The number of aliphatic hydroxyl groups is 1. The standard InChI is InChI=1S/C10H13Cl2NO4S/c1-17-6-7-4-8(11)5-9(12)10(7)18(15,16)13-2-3-14/h4-5,13-14H,2-3,6H2,1H3.